The van der Waals surface area contributed by atoms with Gasteiger partial charge < -0.3 is 14.8 Å². The molecule has 1 aliphatic heterocycles. The lowest BCUT2D eigenvalue weighted by Gasteiger charge is -2.27. The molecule has 2 aromatic rings. The van der Waals surface area contributed by atoms with Gasteiger partial charge in [-0.25, -0.2) is 9.69 Å². The Balaban J connectivity index is 1.94. The van der Waals surface area contributed by atoms with E-state index in [2.05, 4.69) is 5.32 Å². The number of methoxy groups -OCH3 is 1. The van der Waals surface area contributed by atoms with Crippen molar-refractivity contribution in [1.29, 1.82) is 0 Å². The molecule has 0 aromatic heterocycles. The molecule has 0 aliphatic carbocycles. The number of anilines is 1. The van der Waals surface area contributed by atoms with Gasteiger partial charge in [-0.05, 0) is 38.5 Å². The number of imide groups is 1. The molecule has 1 N–H and O–H groups in total. The summed E-state index contributed by atoms with van der Waals surface area (Å²) in [5.41, 5.74) is 0.454. The second kappa shape index (κ2) is 9.09. The first-order valence-electron chi connectivity index (χ1n) is 9.99. The maximum atomic E-state index is 13.2. The van der Waals surface area contributed by atoms with Crippen LogP contribution in [-0.2, 0) is 9.53 Å². The zero-order chi connectivity index (χ0) is 23.5. The smallest absolute Gasteiger partial charge is 0.421 e. The molecule has 2 atom stereocenters. The monoisotopic (exact) mass is 439 g/mol. The molecule has 0 saturated heterocycles. The van der Waals surface area contributed by atoms with Gasteiger partial charge >= 0.3 is 6.09 Å². The molecular formula is C23H25N3O6. The van der Waals surface area contributed by atoms with Crippen molar-refractivity contribution in [3.63, 3.8) is 0 Å². The Morgan fingerprint density at radius 1 is 1.16 bits per heavy atom. The van der Waals surface area contributed by atoms with Crippen LogP contribution in [0.4, 0.5) is 16.2 Å². The van der Waals surface area contributed by atoms with E-state index in [-0.39, 0.29) is 5.69 Å². The number of nitrogens with one attached hydrogen (secondary N) is 1. The predicted molar refractivity (Wildman–Crippen MR) is 118 cm³/mol. The highest BCUT2D eigenvalue weighted by atomic mass is 16.6. The van der Waals surface area contributed by atoms with Gasteiger partial charge in [0, 0.05) is 18.3 Å². The van der Waals surface area contributed by atoms with Crippen LogP contribution < -0.4 is 10.1 Å². The van der Waals surface area contributed by atoms with Gasteiger partial charge in [0.1, 0.15) is 11.4 Å². The van der Waals surface area contributed by atoms with Crippen molar-refractivity contribution in [3.8, 4) is 5.75 Å². The topological polar surface area (TPSA) is 111 Å². The van der Waals surface area contributed by atoms with Crippen LogP contribution in [-0.4, -0.2) is 34.5 Å². The number of nitro benzene ring substituents is 1. The number of nitrogens with zero attached hydrogens (tertiary/aromatic N) is 2. The molecule has 2 amide bonds. The molecule has 2 unspecified atom stereocenters. The van der Waals surface area contributed by atoms with Crippen LogP contribution in [0.1, 0.15) is 32.4 Å². The van der Waals surface area contributed by atoms with Gasteiger partial charge in [-0.1, -0.05) is 30.3 Å². The fraction of sp³-hybridized carbons (Fsp3) is 0.304. The molecule has 0 spiro atoms. The molecule has 0 radical (unpaired) electrons. The number of hydrogen-bond acceptors (Lipinski definition) is 7. The number of rotatable bonds is 6. The van der Waals surface area contributed by atoms with E-state index in [9.17, 15) is 19.7 Å². The lowest BCUT2D eigenvalue weighted by Crippen LogP contribution is -2.39. The quantitative estimate of drug-likeness (QED) is 0.514. The van der Waals surface area contributed by atoms with Gasteiger partial charge in [0.2, 0.25) is 5.91 Å². The van der Waals surface area contributed by atoms with Crippen LogP contribution in [0.3, 0.4) is 0 Å². The summed E-state index contributed by atoms with van der Waals surface area (Å²) < 4.78 is 10.7. The van der Waals surface area contributed by atoms with Crippen LogP contribution in [0.25, 0.3) is 0 Å². The van der Waals surface area contributed by atoms with E-state index in [1.807, 2.05) is 12.1 Å². The minimum atomic E-state index is -0.763. The standard InChI is InChI=1S/C23H25N3O6/c1-23(2,3)32-22(28)25-14-13-17(21(25)27)20(15-9-11-16(12-10-15)26(29)30)24-18-7-5-6-8-19(18)31-4/h5-14,17,20,24H,1-4H3. The van der Waals surface area contributed by atoms with E-state index in [1.54, 1.807) is 51.1 Å². The maximum Gasteiger partial charge on any atom is 0.421 e. The molecule has 32 heavy (non-hydrogen) atoms. The van der Waals surface area contributed by atoms with E-state index in [0.717, 1.165) is 4.90 Å². The van der Waals surface area contributed by atoms with E-state index in [1.165, 1.54) is 25.4 Å². The Kier molecular flexibility index (Phi) is 6.47. The fourth-order valence-corrected chi connectivity index (χ4v) is 3.33. The van der Waals surface area contributed by atoms with Crippen molar-refractivity contribution in [2.45, 2.75) is 32.4 Å². The number of carbonyl (C=O) groups is 2. The van der Waals surface area contributed by atoms with Crippen LogP contribution >= 0.6 is 0 Å². The number of nitro groups is 1. The Labute approximate surface area is 185 Å². The molecule has 168 valence electrons. The molecule has 0 bridgehead atoms. The van der Waals surface area contributed by atoms with Crippen LogP contribution in [0.15, 0.2) is 60.8 Å². The molecule has 0 fully saturated rings. The van der Waals surface area contributed by atoms with E-state index in [4.69, 9.17) is 9.47 Å². The van der Waals surface area contributed by atoms with Gasteiger partial charge in [-0.15, -0.1) is 0 Å². The number of ether oxygens (including phenoxy) is 2. The van der Waals surface area contributed by atoms with Crippen molar-refractivity contribution in [3.05, 3.63) is 76.5 Å². The Morgan fingerprint density at radius 3 is 2.41 bits per heavy atom. The van der Waals surface area contributed by atoms with Gasteiger partial charge in [-0.2, -0.15) is 0 Å². The first kappa shape index (κ1) is 22.8. The van der Waals surface area contributed by atoms with Crippen molar-refractivity contribution in [2.24, 2.45) is 5.92 Å². The molecule has 0 saturated carbocycles. The third-order valence-corrected chi connectivity index (χ3v) is 4.80. The average Bonchev–Trinajstić information content (AvgIpc) is 3.12. The minimum Gasteiger partial charge on any atom is -0.495 e. The maximum absolute atomic E-state index is 13.2. The predicted octanol–water partition coefficient (Wildman–Crippen LogP) is 4.66. The highest BCUT2D eigenvalue weighted by Crippen LogP contribution is 2.36. The average molecular weight is 439 g/mol. The Bertz CT molecular complexity index is 1040. The van der Waals surface area contributed by atoms with E-state index in [0.29, 0.717) is 17.0 Å². The highest BCUT2D eigenvalue weighted by molar-refractivity contribution is 5.98. The van der Waals surface area contributed by atoms with Crippen LogP contribution in [0.5, 0.6) is 5.75 Å². The number of carbonyl (C=O) groups excluding carboxylic acids is 2. The molecule has 3 rings (SSSR count). The third-order valence-electron chi connectivity index (χ3n) is 4.80. The first-order valence-corrected chi connectivity index (χ1v) is 9.99. The second-order valence-corrected chi connectivity index (χ2v) is 8.23. The molecule has 9 nitrogen and oxygen atoms in total. The van der Waals surface area contributed by atoms with E-state index >= 15 is 0 Å². The molecular weight excluding hydrogens is 414 g/mol. The van der Waals surface area contributed by atoms with Gasteiger partial charge in [0.25, 0.3) is 5.69 Å². The minimum absolute atomic E-state index is 0.0616. The molecule has 1 heterocycles. The lowest BCUT2D eigenvalue weighted by atomic mass is 9.92. The van der Waals surface area contributed by atoms with E-state index < -0.39 is 34.5 Å². The summed E-state index contributed by atoms with van der Waals surface area (Å²) in [5, 5.41) is 14.3. The zero-order valence-electron chi connectivity index (χ0n) is 18.3. The first-order chi connectivity index (χ1) is 15.1. The van der Waals surface area contributed by atoms with Crippen molar-refractivity contribution in [2.75, 3.05) is 12.4 Å². The van der Waals surface area contributed by atoms with Crippen molar-refractivity contribution >= 4 is 23.4 Å². The largest absolute Gasteiger partial charge is 0.495 e. The highest BCUT2D eigenvalue weighted by Gasteiger charge is 2.39. The Morgan fingerprint density at radius 2 is 1.81 bits per heavy atom. The van der Waals surface area contributed by atoms with Crippen LogP contribution in [0, 0.1) is 16.0 Å². The number of para-hydroxylation sites is 2. The molecule has 9 heteroatoms. The zero-order valence-corrected chi connectivity index (χ0v) is 18.3. The summed E-state index contributed by atoms with van der Waals surface area (Å²) in [6.45, 7) is 5.15. The second-order valence-electron chi connectivity index (χ2n) is 8.23. The summed E-state index contributed by atoms with van der Waals surface area (Å²) >= 11 is 0. The Hall–Kier alpha value is -3.88. The summed E-state index contributed by atoms with van der Waals surface area (Å²) in [4.78, 5) is 37.1. The van der Waals surface area contributed by atoms with Gasteiger partial charge in [-0.3, -0.25) is 14.9 Å². The van der Waals surface area contributed by atoms with Crippen molar-refractivity contribution in [1.82, 2.24) is 4.90 Å². The summed E-state index contributed by atoms with van der Waals surface area (Å²) in [7, 11) is 1.53. The normalized spacial score (nSPS) is 16.6. The third kappa shape index (κ3) is 5.05. The summed E-state index contributed by atoms with van der Waals surface area (Å²) in [6.07, 6.45) is 2.24. The summed E-state index contributed by atoms with van der Waals surface area (Å²) in [5.74, 6) is -0.656. The molecule has 1 aliphatic rings. The SMILES string of the molecule is COc1ccccc1NC(c1ccc([N+](=O)[O-])cc1)C1C=CN(C(=O)OC(C)(C)C)C1=O. The number of non-ortho nitro benzene ring substituents is 1. The van der Waals surface area contributed by atoms with Gasteiger partial charge in [0.15, 0.2) is 0 Å². The van der Waals surface area contributed by atoms with Crippen molar-refractivity contribution < 1.29 is 24.0 Å². The molecule has 2 aromatic carbocycles. The number of hydrogen-bond donors (Lipinski definition) is 1. The summed E-state index contributed by atoms with van der Waals surface area (Å²) in [6, 6.07) is 12.5. The number of benzene rings is 2. The fourth-order valence-electron chi connectivity index (χ4n) is 3.33. The number of amides is 2. The van der Waals surface area contributed by atoms with Crippen LogP contribution in [0.2, 0.25) is 0 Å². The lowest BCUT2D eigenvalue weighted by molar-refractivity contribution is -0.384. The van der Waals surface area contributed by atoms with Gasteiger partial charge in [0.05, 0.1) is 29.7 Å².